The summed E-state index contributed by atoms with van der Waals surface area (Å²) in [6, 6.07) is 8.31. The summed E-state index contributed by atoms with van der Waals surface area (Å²) in [6.07, 6.45) is 1.57. The van der Waals surface area contributed by atoms with E-state index in [9.17, 15) is 34.2 Å². The zero-order chi connectivity index (χ0) is 31.2. The topological polar surface area (TPSA) is 151 Å². The fourth-order valence-electron chi connectivity index (χ4n) is 7.26. The van der Waals surface area contributed by atoms with Crippen molar-refractivity contribution in [2.75, 3.05) is 26.2 Å². The van der Waals surface area contributed by atoms with Crippen molar-refractivity contribution in [1.82, 2.24) is 4.90 Å². The molecule has 6 unspecified atom stereocenters. The van der Waals surface area contributed by atoms with Gasteiger partial charge in [0.1, 0.15) is 17.2 Å². The Morgan fingerprint density at radius 1 is 1.00 bits per heavy atom. The predicted octanol–water partition coefficient (Wildman–Crippen LogP) is 3.30. The first-order chi connectivity index (χ1) is 20.3. The second-order valence-electron chi connectivity index (χ2n) is 11.1. The zero-order valence-electron chi connectivity index (χ0n) is 23.2. The molecule has 2 aromatic rings. The molecule has 3 fully saturated rings. The van der Waals surface area contributed by atoms with E-state index in [0.717, 1.165) is 9.80 Å². The number of aromatic hydroxyl groups is 1. The highest BCUT2D eigenvalue weighted by Crippen LogP contribution is 2.67. The van der Waals surface area contributed by atoms with Crippen LogP contribution in [-0.4, -0.2) is 75.7 Å². The van der Waals surface area contributed by atoms with Gasteiger partial charge in [-0.25, -0.2) is 4.79 Å². The number of likely N-dealkylation sites (tertiary alicyclic amines) is 1. The van der Waals surface area contributed by atoms with E-state index in [1.807, 2.05) is 0 Å². The molecule has 0 bridgehead atoms. The number of halogens is 2. The van der Waals surface area contributed by atoms with Crippen LogP contribution < -0.4 is 14.4 Å². The average molecular weight is 629 g/mol. The van der Waals surface area contributed by atoms with Gasteiger partial charge in [-0.05, 0) is 37.0 Å². The van der Waals surface area contributed by atoms with Crippen LogP contribution in [0.3, 0.4) is 0 Å². The number of hydrogen-bond acceptors (Lipinski definition) is 8. The number of hydrogen-bond donors (Lipinski definition) is 2. The number of methoxy groups -OCH3 is 2. The number of amides is 4. The lowest BCUT2D eigenvalue weighted by Crippen LogP contribution is -2.60. The molecule has 0 radical (unpaired) electrons. The average Bonchev–Trinajstić information content (AvgIpc) is 3.32. The molecule has 0 spiro atoms. The monoisotopic (exact) mass is 628 g/mol. The van der Waals surface area contributed by atoms with Gasteiger partial charge in [-0.3, -0.25) is 29.0 Å². The first-order valence-corrected chi connectivity index (χ1v) is 14.1. The largest absolute Gasteiger partial charge is 0.507 e. The second kappa shape index (κ2) is 9.72. The van der Waals surface area contributed by atoms with E-state index in [2.05, 4.69) is 0 Å². The number of phenols is 1. The van der Waals surface area contributed by atoms with E-state index >= 15 is 0 Å². The number of nitrogens with zero attached hydrogens (tertiary/aromatic N) is 2. The summed E-state index contributed by atoms with van der Waals surface area (Å²) >= 11 is 14.3. The van der Waals surface area contributed by atoms with Gasteiger partial charge in [0.25, 0.3) is 11.8 Å². The Bertz CT molecular complexity index is 1670. The van der Waals surface area contributed by atoms with Crippen molar-refractivity contribution in [3.05, 3.63) is 59.2 Å². The number of fused-ring (bicyclic) bond motifs is 4. The van der Waals surface area contributed by atoms with Gasteiger partial charge in [-0.15, -0.1) is 23.2 Å². The maximum atomic E-state index is 14.1. The number of imide groups is 2. The van der Waals surface area contributed by atoms with E-state index in [4.69, 9.17) is 32.7 Å². The van der Waals surface area contributed by atoms with Gasteiger partial charge in [0.2, 0.25) is 11.8 Å². The van der Waals surface area contributed by atoms with E-state index in [1.165, 1.54) is 57.7 Å². The number of aromatic carboxylic acids is 1. The predicted molar refractivity (Wildman–Crippen MR) is 153 cm³/mol. The van der Waals surface area contributed by atoms with Crippen molar-refractivity contribution in [3.63, 3.8) is 0 Å². The minimum Gasteiger partial charge on any atom is -0.507 e. The van der Waals surface area contributed by atoms with Gasteiger partial charge in [0.05, 0.1) is 37.3 Å². The van der Waals surface area contributed by atoms with E-state index < -0.39 is 63.0 Å². The molecule has 2 heterocycles. The Hall–Kier alpha value is -4.09. The highest BCUT2D eigenvalue weighted by atomic mass is 35.5. The minimum absolute atomic E-state index is 0.0805. The lowest BCUT2D eigenvalue weighted by Gasteiger charge is -2.51. The number of allylic oxidation sites excluding steroid dienone is 2. The molecule has 2 aliphatic carbocycles. The van der Waals surface area contributed by atoms with Crippen molar-refractivity contribution in [1.29, 1.82) is 0 Å². The van der Waals surface area contributed by atoms with Gasteiger partial charge in [-0.1, -0.05) is 17.7 Å². The van der Waals surface area contributed by atoms with Gasteiger partial charge in [-0.2, -0.15) is 0 Å². The van der Waals surface area contributed by atoms with Crippen molar-refractivity contribution < 1.29 is 43.7 Å². The Balaban J connectivity index is 1.54. The number of rotatable bonds is 5. The molecule has 224 valence electrons. The molecule has 11 nitrogen and oxygen atoms in total. The molecule has 0 aromatic heterocycles. The molecule has 2 aromatic carbocycles. The quantitative estimate of drug-likeness (QED) is 0.289. The van der Waals surface area contributed by atoms with Crippen LogP contribution in [0, 0.1) is 17.8 Å². The summed E-state index contributed by atoms with van der Waals surface area (Å²) in [6.45, 7) is 0. The van der Waals surface area contributed by atoms with Gasteiger partial charge >= 0.3 is 5.97 Å². The molecule has 2 aliphatic heterocycles. The summed E-state index contributed by atoms with van der Waals surface area (Å²) < 4.78 is 10.9. The van der Waals surface area contributed by atoms with Gasteiger partial charge in [0.15, 0.2) is 9.75 Å². The lowest BCUT2D eigenvalue weighted by atomic mass is 9.56. The maximum Gasteiger partial charge on any atom is 0.335 e. The highest BCUT2D eigenvalue weighted by Gasteiger charge is 2.76. The third kappa shape index (κ3) is 3.70. The zero-order valence-corrected chi connectivity index (χ0v) is 24.7. The van der Waals surface area contributed by atoms with Gasteiger partial charge < -0.3 is 19.7 Å². The minimum atomic E-state index is -2.12. The second-order valence-corrected chi connectivity index (χ2v) is 12.4. The molecular formula is C30H26Cl2N2O9. The highest BCUT2D eigenvalue weighted by molar-refractivity contribution is 6.53. The van der Waals surface area contributed by atoms with Crippen LogP contribution in [0.1, 0.15) is 34.7 Å². The van der Waals surface area contributed by atoms with Gasteiger partial charge in [0, 0.05) is 30.7 Å². The van der Waals surface area contributed by atoms with Crippen LogP contribution in [0.15, 0.2) is 48.0 Å². The van der Waals surface area contributed by atoms with E-state index in [0.29, 0.717) is 5.57 Å². The molecule has 6 atom stereocenters. The fraction of sp³-hybridized carbons (Fsp3) is 0.367. The molecule has 1 saturated carbocycles. The summed E-state index contributed by atoms with van der Waals surface area (Å²) in [5, 5.41) is 20.7. The first-order valence-electron chi connectivity index (χ1n) is 13.4. The molecule has 13 heteroatoms. The molecular weight excluding hydrogens is 603 g/mol. The summed E-state index contributed by atoms with van der Waals surface area (Å²) in [5.41, 5.74) is 0.546. The van der Waals surface area contributed by atoms with Crippen LogP contribution in [0.2, 0.25) is 0 Å². The molecule has 2 saturated heterocycles. The Morgan fingerprint density at radius 3 is 2.37 bits per heavy atom. The summed E-state index contributed by atoms with van der Waals surface area (Å²) in [7, 11) is 4.02. The van der Waals surface area contributed by atoms with Crippen LogP contribution >= 0.6 is 23.2 Å². The molecule has 43 heavy (non-hydrogen) atoms. The Kier molecular flexibility index (Phi) is 6.55. The number of carbonyl (C=O) groups excluding carboxylic acids is 4. The first kappa shape index (κ1) is 29.0. The van der Waals surface area contributed by atoms with Crippen LogP contribution in [-0.2, 0) is 19.2 Å². The number of benzene rings is 2. The lowest BCUT2D eigenvalue weighted by molar-refractivity contribution is -0.138. The van der Waals surface area contributed by atoms with Crippen LogP contribution in [0.25, 0.3) is 0 Å². The molecule has 6 rings (SSSR count). The van der Waals surface area contributed by atoms with Crippen LogP contribution in [0.4, 0.5) is 5.69 Å². The number of alkyl halides is 2. The third-order valence-electron chi connectivity index (χ3n) is 9.20. The van der Waals surface area contributed by atoms with Crippen molar-refractivity contribution in [2.45, 2.75) is 28.5 Å². The number of ether oxygens (including phenoxy) is 2. The summed E-state index contributed by atoms with van der Waals surface area (Å²) in [4.78, 5) is 64.4. The van der Waals surface area contributed by atoms with E-state index in [-0.39, 0.29) is 46.9 Å². The van der Waals surface area contributed by atoms with Crippen molar-refractivity contribution in [2.24, 2.45) is 17.8 Å². The Morgan fingerprint density at radius 2 is 1.72 bits per heavy atom. The SMILES string of the molecule is COc1cc(O)c(C2C3=CCC4C(=O)N(c5cccc(C(=O)O)c5)C(=O)C4C3CC3(Cl)C(=O)N(C)C(=O)C23Cl)c(OC)c1. The Labute approximate surface area is 255 Å². The van der Waals surface area contributed by atoms with E-state index in [1.54, 1.807) is 6.08 Å². The van der Waals surface area contributed by atoms with Crippen molar-refractivity contribution >= 4 is 58.5 Å². The van der Waals surface area contributed by atoms with Crippen molar-refractivity contribution in [3.8, 4) is 17.2 Å². The summed E-state index contributed by atoms with van der Waals surface area (Å²) in [5.74, 6) is -7.76. The smallest absolute Gasteiger partial charge is 0.335 e. The normalized spacial score (nSPS) is 31.4. The fourth-order valence-corrected chi connectivity index (χ4v) is 8.26. The number of anilines is 1. The number of carbonyl (C=O) groups is 5. The number of carboxylic acid groups (broad SMARTS) is 1. The maximum absolute atomic E-state index is 14.1. The molecule has 4 aliphatic rings. The van der Waals surface area contributed by atoms with Crippen LogP contribution in [0.5, 0.6) is 17.2 Å². The third-order valence-corrected chi connectivity index (χ3v) is 10.6. The standard InChI is InChI=1S/C30H26Cl2N2O9/c1-33-27(40)29(31)12-18-16(23(30(29,32)28(33)41)22-19(35)10-15(42-2)11-20(22)43-3)7-8-17-21(18)25(37)34(24(17)36)14-6-4-5-13(9-14)26(38)39/h4-7,9-11,17-18,21,23,35H,8,12H2,1-3H3,(H,38,39). The molecule has 2 N–H and O–H groups in total. The number of carboxylic acids is 1. The molecule has 4 amide bonds. The number of phenolic OH excluding ortho intramolecular Hbond substituents is 1.